The van der Waals surface area contributed by atoms with Gasteiger partial charge in [-0.2, -0.15) is 5.10 Å². The Morgan fingerprint density at radius 2 is 1.83 bits per heavy atom. The highest BCUT2D eigenvalue weighted by Gasteiger charge is 2.13. The number of thioether (sulfide) groups is 1. The molecule has 0 radical (unpaired) electrons. The Hall–Kier alpha value is -2.73. The molecule has 0 spiro atoms. The van der Waals surface area contributed by atoms with E-state index in [-0.39, 0.29) is 5.91 Å². The van der Waals surface area contributed by atoms with Gasteiger partial charge in [0.2, 0.25) is 5.91 Å². The van der Waals surface area contributed by atoms with E-state index in [0.717, 1.165) is 39.9 Å². The van der Waals surface area contributed by atoms with Crippen molar-refractivity contribution >= 4 is 17.7 Å². The van der Waals surface area contributed by atoms with Crippen LogP contribution in [0, 0.1) is 13.8 Å². The summed E-state index contributed by atoms with van der Waals surface area (Å²) in [6.07, 6.45) is 0.479. The van der Waals surface area contributed by atoms with Crippen LogP contribution in [0.3, 0.4) is 0 Å². The molecule has 1 aromatic heterocycles. The SMILES string of the molecule is COc1ccc(SCCC(=O)NCc2c(C)nn(Cc3ccccc3)c2C)cc1. The third-order valence-corrected chi connectivity index (χ3v) is 5.84. The van der Waals surface area contributed by atoms with Crippen LogP contribution in [0.25, 0.3) is 0 Å². The van der Waals surface area contributed by atoms with E-state index >= 15 is 0 Å². The second-order valence-corrected chi connectivity index (χ2v) is 8.01. The number of carbonyl (C=O) groups is 1. The molecule has 5 nitrogen and oxygen atoms in total. The predicted molar refractivity (Wildman–Crippen MR) is 117 cm³/mol. The highest BCUT2D eigenvalue weighted by molar-refractivity contribution is 7.99. The summed E-state index contributed by atoms with van der Waals surface area (Å²) in [6, 6.07) is 18.2. The molecule has 1 heterocycles. The standard InChI is InChI=1S/C23H27N3O2S/c1-17-22(18(2)26(25-17)16-19-7-5-4-6-8-19)15-24-23(27)13-14-29-21-11-9-20(28-3)10-12-21/h4-12H,13-16H2,1-3H3,(H,24,27). The molecule has 0 fully saturated rings. The highest BCUT2D eigenvalue weighted by Crippen LogP contribution is 2.22. The largest absolute Gasteiger partial charge is 0.497 e. The zero-order chi connectivity index (χ0) is 20.6. The van der Waals surface area contributed by atoms with Crippen molar-refractivity contribution in [2.75, 3.05) is 12.9 Å². The first-order chi connectivity index (χ1) is 14.1. The number of amides is 1. The number of hydrogen-bond donors (Lipinski definition) is 1. The normalized spacial score (nSPS) is 10.7. The van der Waals surface area contributed by atoms with Crippen LogP contribution in [0.15, 0.2) is 59.5 Å². The van der Waals surface area contributed by atoms with E-state index in [1.54, 1.807) is 18.9 Å². The van der Waals surface area contributed by atoms with Crippen molar-refractivity contribution in [2.45, 2.75) is 38.3 Å². The number of aryl methyl sites for hydroxylation is 1. The summed E-state index contributed by atoms with van der Waals surface area (Å²) in [7, 11) is 1.65. The van der Waals surface area contributed by atoms with Crippen molar-refractivity contribution < 1.29 is 9.53 Å². The number of nitrogens with zero attached hydrogens (tertiary/aromatic N) is 2. The number of hydrogen-bond acceptors (Lipinski definition) is 4. The van der Waals surface area contributed by atoms with Crippen molar-refractivity contribution in [2.24, 2.45) is 0 Å². The van der Waals surface area contributed by atoms with E-state index in [4.69, 9.17) is 4.74 Å². The fraction of sp³-hybridized carbons (Fsp3) is 0.304. The maximum atomic E-state index is 12.3. The van der Waals surface area contributed by atoms with Gasteiger partial charge in [-0.15, -0.1) is 11.8 Å². The molecule has 3 aromatic rings. The van der Waals surface area contributed by atoms with Gasteiger partial charge in [-0.05, 0) is 43.7 Å². The van der Waals surface area contributed by atoms with Crippen LogP contribution < -0.4 is 10.1 Å². The number of rotatable bonds is 9. The Morgan fingerprint density at radius 3 is 2.52 bits per heavy atom. The smallest absolute Gasteiger partial charge is 0.221 e. The Bertz CT molecular complexity index is 937. The van der Waals surface area contributed by atoms with Gasteiger partial charge in [0, 0.05) is 34.9 Å². The quantitative estimate of drug-likeness (QED) is 0.534. The van der Waals surface area contributed by atoms with Crippen LogP contribution in [0.4, 0.5) is 0 Å². The molecule has 2 aromatic carbocycles. The minimum atomic E-state index is 0.0561. The van der Waals surface area contributed by atoms with Gasteiger partial charge >= 0.3 is 0 Å². The number of carbonyl (C=O) groups excluding carboxylic acids is 1. The molecule has 0 aliphatic carbocycles. The van der Waals surface area contributed by atoms with E-state index in [1.807, 2.05) is 54.1 Å². The molecule has 0 unspecified atom stereocenters. The maximum absolute atomic E-state index is 12.3. The van der Waals surface area contributed by atoms with Gasteiger partial charge in [0.15, 0.2) is 0 Å². The number of ether oxygens (including phenoxy) is 1. The van der Waals surface area contributed by atoms with Gasteiger partial charge in [0.05, 0.1) is 19.3 Å². The summed E-state index contributed by atoms with van der Waals surface area (Å²) in [5.74, 6) is 1.63. The van der Waals surface area contributed by atoms with Crippen LogP contribution >= 0.6 is 11.8 Å². The van der Waals surface area contributed by atoms with Crippen LogP contribution in [0.1, 0.15) is 28.9 Å². The molecule has 0 bridgehead atoms. The molecule has 0 atom stereocenters. The van der Waals surface area contributed by atoms with E-state index in [0.29, 0.717) is 13.0 Å². The Balaban J connectivity index is 1.48. The van der Waals surface area contributed by atoms with Crippen molar-refractivity contribution in [1.82, 2.24) is 15.1 Å². The Labute approximate surface area is 176 Å². The van der Waals surface area contributed by atoms with Crippen LogP contribution in [-0.2, 0) is 17.9 Å². The van der Waals surface area contributed by atoms with Crippen molar-refractivity contribution in [3.05, 3.63) is 77.1 Å². The summed E-state index contributed by atoms with van der Waals surface area (Å²) in [6.45, 7) is 5.30. The zero-order valence-electron chi connectivity index (χ0n) is 17.1. The molecule has 152 valence electrons. The first kappa shape index (κ1) is 21.0. The lowest BCUT2D eigenvalue weighted by Gasteiger charge is -2.08. The van der Waals surface area contributed by atoms with Crippen LogP contribution in [0.2, 0.25) is 0 Å². The van der Waals surface area contributed by atoms with Crippen molar-refractivity contribution in [1.29, 1.82) is 0 Å². The molecule has 0 aliphatic rings. The average Bonchev–Trinajstić information content (AvgIpc) is 3.00. The summed E-state index contributed by atoms with van der Waals surface area (Å²) >= 11 is 1.67. The topological polar surface area (TPSA) is 56.1 Å². The third-order valence-electron chi connectivity index (χ3n) is 4.83. The lowest BCUT2D eigenvalue weighted by atomic mass is 10.2. The first-order valence-electron chi connectivity index (χ1n) is 9.67. The minimum Gasteiger partial charge on any atom is -0.497 e. The van der Waals surface area contributed by atoms with Gasteiger partial charge in [-0.1, -0.05) is 30.3 Å². The molecule has 6 heteroatoms. The Kier molecular flexibility index (Phi) is 7.36. The van der Waals surface area contributed by atoms with Crippen LogP contribution in [0.5, 0.6) is 5.75 Å². The summed E-state index contributed by atoms with van der Waals surface area (Å²) in [5.41, 5.74) is 4.37. The van der Waals surface area contributed by atoms with Gasteiger partial charge in [-0.25, -0.2) is 0 Å². The molecular weight excluding hydrogens is 382 g/mol. The molecule has 1 N–H and O–H groups in total. The Morgan fingerprint density at radius 1 is 1.10 bits per heavy atom. The predicted octanol–water partition coefficient (Wildman–Crippen LogP) is 4.36. The zero-order valence-corrected chi connectivity index (χ0v) is 18.0. The number of nitrogens with one attached hydrogen (secondary N) is 1. The van der Waals surface area contributed by atoms with Gasteiger partial charge < -0.3 is 10.1 Å². The minimum absolute atomic E-state index is 0.0561. The second-order valence-electron chi connectivity index (χ2n) is 6.84. The lowest BCUT2D eigenvalue weighted by Crippen LogP contribution is -2.23. The molecular formula is C23H27N3O2S. The van der Waals surface area contributed by atoms with E-state index in [2.05, 4.69) is 29.5 Å². The second kappa shape index (κ2) is 10.2. The summed E-state index contributed by atoms with van der Waals surface area (Å²) in [5, 5.41) is 7.69. The molecule has 1 amide bonds. The summed E-state index contributed by atoms with van der Waals surface area (Å²) in [4.78, 5) is 13.4. The number of methoxy groups -OCH3 is 1. The number of benzene rings is 2. The van der Waals surface area contributed by atoms with E-state index in [1.165, 1.54) is 5.56 Å². The monoisotopic (exact) mass is 409 g/mol. The van der Waals surface area contributed by atoms with Gasteiger partial charge in [0.1, 0.15) is 5.75 Å². The molecule has 29 heavy (non-hydrogen) atoms. The molecule has 0 saturated carbocycles. The number of aromatic nitrogens is 2. The average molecular weight is 410 g/mol. The van der Waals surface area contributed by atoms with Gasteiger partial charge in [0.25, 0.3) is 0 Å². The molecule has 0 saturated heterocycles. The fourth-order valence-corrected chi connectivity index (χ4v) is 3.96. The lowest BCUT2D eigenvalue weighted by molar-refractivity contribution is -0.120. The first-order valence-corrected chi connectivity index (χ1v) is 10.7. The van der Waals surface area contributed by atoms with Crippen LogP contribution in [-0.4, -0.2) is 28.6 Å². The molecule has 0 aliphatic heterocycles. The summed E-state index contributed by atoms with van der Waals surface area (Å²) < 4.78 is 7.17. The molecule has 3 rings (SSSR count). The highest BCUT2D eigenvalue weighted by atomic mass is 32.2. The van der Waals surface area contributed by atoms with E-state index < -0.39 is 0 Å². The van der Waals surface area contributed by atoms with Gasteiger partial charge in [-0.3, -0.25) is 9.48 Å². The van der Waals surface area contributed by atoms with Crippen molar-refractivity contribution in [3.8, 4) is 5.75 Å². The fourth-order valence-electron chi connectivity index (χ4n) is 3.11. The maximum Gasteiger partial charge on any atom is 0.221 e. The third kappa shape index (κ3) is 5.87. The van der Waals surface area contributed by atoms with E-state index in [9.17, 15) is 4.79 Å². The van der Waals surface area contributed by atoms with Crippen molar-refractivity contribution in [3.63, 3.8) is 0 Å².